The molecule has 0 heterocycles. The lowest BCUT2D eigenvalue weighted by Gasteiger charge is -2.23. The zero-order chi connectivity index (χ0) is 13.8. The fourth-order valence-electron chi connectivity index (χ4n) is 1.55. The first-order chi connectivity index (χ1) is 8.36. The molecule has 6 heteroatoms. The minimum absolute atomic E-state index is 0.0299. The standard InChI is InChI=1S/C12H20N2O3S/c1-10(8-17-3)14(2)18(15,16)9-11-4-6-12(13)7-5-11/h4-7,10H,8-9,13H2,1-3H3. The molecular weight excluding hydrogens is 252 g/mol. The van der Waals surface area contributed by atoms with Crippen LogP contribution in [0.1, 0.15) is 12.5 Å². The Balaban J connectivity index is 2.78. The fourth-order valence-corrected chi connectivity index (χ4v) is 2.97. The number of rotatable bonds is 6. The highest BCUT2D eigenvalue weighted by atomic mass is 32.2. The highest BCUT2D eigenvalue weighted by Crippen LogP contribution is 2.13. The molecule has 1 unspecified atom stereocenters. The topological polar surface area (TPSA) is 72.6 Å². The van der Waals surface area contributed by atoms with Crippen LogP contribution in [0.5, 0.6) is 0 Å². The number of nitrogens with two attached hydrogens (primary N) is 1. The lowest BCUT2D eigenvalue weighted by atomic mass is 10.2. The Hall–Kier alpha value is -1.11. The molecule has 0 fully saturated rings. The maximum Gasteiger partial charge on any atom is 0.218 e. The van der Waals surface area contributed by atoms with E-state index in [1.54, 1.807) is 38.4 Å². The third-order valence-corrected chi connectivity index (χ3v) is 4.73. The number of hydrogen-bond donors (Lipinski definition) is 1. The van der Waals surface area contributed by atoms with E-state index in [-0.39, 0.29) is 11.8 Å². The first kappa shape index (κ1) is 14.9. The summed E-state index contributed by atoms with van der Waals surface area (Å²) >= 11 is 0. The molecule has 0 aliphatic carbocycles. The van der Waals surface area contributed by atoms with Crippen molar-refractivity contribution in [1.82, 2.24) is 4.31 Å². The summed E-state index contributed by atoms with van der Waals surface area (Å²) in [5, 5.41) is 0. The van der Waals surface area contributed by atoms with E-state index in [0.29, 0.717) is 12.3 Å². The first-order valence-electron chi connectivity index (χ1n) is 5.66. The molecule has 5 nitrogen and oxygen atoms in total. The molecule has 0 bridgehead atoms. The molecule has 1 aromatic rings. The second-order valence-electron chi connectivity index (χ2n) is 4.32. The highest BCUT2D eigenvalue weighted by molar-refractivity contribution is 7.88. The molecule has 0 saturated heterocycles. The van der Waals surface area contributed by atoms with Crippen LogP contribution in [0, 0.1) is 0 Å². The maximum atomic E-state index is 12.1. The average Bonchev–Trinajstić information content (AvgIpc) is 2.31. The zero-order valence-corrected chi connectivity index (χ0v) is 11.8. The number of nitrogens with zero attached hydrogens (tertiary/aromatic N) is 1. The van der Waals surface area contributed by atoms with Crippen molar-refractivity contribution in [3.05, 3.63) is 29.8 Å². The summed E-state index contributed by atoms with van der Waals surface area (Å²) in [5.41, 5.74) is 6.91. The molecule has 0 aromatic heterocycles. The number of likely N-dealkylation sites (N-methyl/N-ethyl adjacent to an activating group) is 1. The fraction of sp³-hybridized carbons (Fsp3) is 0.500. The van der Waals surface area contributed by atoms with Gasteiger partial charge in [0.05, 0.1) is 12.4 Å². The van der Waals surface area contributed by atoms with Gasteiger partial charge in [-0.25, -0.2) is 8.42 Å². The number of nitrogen functional groups attached to an aromatic ring is 1. The largest absolute Gasteiger partial charge is 0.399 e. The van der Waals surface area contributed by atoms with Crippen LogP contribution in [-0.4, -0.2) is 39.5 Å². The molecule has 18 heavy (non-hydrogen) atoms. The van der Waals surface area contributed by atoms with Gasteiger partial charge in [-0.15, -0.1) is 0 Å². The summed E-state index contributed by atoms with van der Waals surface area (Å²) in [7, 11) is -0.217. The van der Waals surface area contributed by atoms with Gasteiger partial charge in [0.15, 0.2) is 0 Å². The van der Waals surface area contributed by atoms with Crippen LogP contribution in [0.3, 0.4) is 0 Å². The maximum absolute atomic E-state index is 12.1. The molecule has 0 amide bonds. The molecule has 0 aliphatic rings. The molecule has 0 saturated carbocycles. The molecule has 0 radical (unpaired) electrons. The Morgan fingerprint density at radius 3 is 2.39 bits per heavy atom. The summed E-state index contributed by atoms with van der Waals surface area (Å²) < 4.78 is 30.6. The van der Waals surface area contributed by atoms with E-state index < -0.39 is 10.0 Å². The summed E-state index contributed by atoms with van der Waals surface area (Å²) in [5.74, 6) is -0.0299. The third kappa shape index (κ3) is 3.97. The van der Waals surface area contributed by atoms with Gasteiger partial charge in [0, 0.05) is 25.9 Å². The molecule has 0 aliphatic heterocycles. The van der Waals surface area contributed by atoms with Gasteiger partial charge in [0.2, 0.25) is 10.0 Å². The van der Waals surface area contributed by atoms with Gasteiger partial charge >= 0.3 is 0 Å². The Kier molecular flexibility index (Phi) is 5.13. The minimum Gasteiger partial charge on any atom is -0.399 e. The van der Waals surface area contributed by atoms with E-state index in [9.17, 15) is 8.42 Å². The number of methoxy groups -OCH3 is 1. The minimum atomic E-state index is -3.34. The van der Waals surface area contributed by atoms with E-state index in [4.69, 9.17) is 10.5 Å². The molecule has 102 valence electrons. The summed E-state index contributed by atoms with van der Waals surface area (Å²) in [6.07, 6.45) is 0. The Labute approximate surface area is 109 Å². The Bertz CT molecular complexity index is 471. The second kappa shape index (κ2) is 6.17. The predicted octanol–water partition coefficient (Wildman–Crippen LogP) is 1.07. The van der Waals surface area contributed by atoms with E-state index in [2.05, 4.69) is 0 Å². The molecular formula is C12H20N2O3S. The number of sulfonamides is 1. The Morgan fingerprint density at radius 1 is 1.33 bits per heavy atom. The van der Waals surface area contributed by atoms with Gasteiger partial charge in [0.25, 0.3) is 0 Å². The molecule has 1 rings (SSSR count). The average molecular weight is 272 g/mol. The molecule has 2 N–H and O–H groups in total. The smallest absolute Gasteiger partial charge is 0.218 e. The number of ether oxygens (including phenoxy) is 1. The number of anilines is 1. The number of benzene rings is 1. The SMILES string of the molecule is COCC(C)N(C)S(=O)(=O)Cc1ccc(N)cc1. The second-order valence-corrected chi connectivity index (χ2v) is 6.35. The van der Waals surface area contributed by atoms with Gasteiger partial charge in [0.1, 0.15) is 0 Å². The van der Waals surface area contributed by atoms with Crippen LogP contribution in [0.25, 0.3) is 0 Å². The van der Waals surface area contributed by atoms with Crippen molar-refractivity contribution in [3.63, 3.8) is 0 Å². The van der Waals surface area contributed by atoms with Crippen LogP contribution in [0.15, 0.2) is 24.3 Å². The predicted molar refractivity (Wildman–Crippen MR) is 72.6 cm³/mol. The van der Waals surface area contributed by atoms with Crippen LogP contribution < -0.4 is 5.73 Å². The summed E-state index contributed by atoms with van der Waals surface area (Å²) in [4.78, 5) is 0. The highest BCUT2D eigenvalue weighted by Gasteiger charge is 2.23. The van der Waals surface area contributed by atoms with Crippen LogP contribution in [-0.2, 0) is 20.5 Å². The quantitative estimate of drug-likeness (QED) is 0.786. The van der Waals surface area contributed by atoms with Crippen LogP contribution in [0.4, 0.5) is 5.69 Å². The van der Waals surface area contributed by atoms with Crippen molar-refractivity contribution in [3.8, 4) is 0 Å². The van der Waals surface area contributed by atoms with Gasteiger partial charge in [-0.3, -0.25) is 0 Å². The van der Waals surface area contributed by atoms with Crippen molar-refractivity contribution < 1.29 is 13.2 Å². The van der Waals surface area contributed by atoms with Crippen molar-refractivity contribution in [2.45, 2.75) is 18.7 Å². The normalized spacial score (nSPS) is 13.8. The van der Waals surface area contributed by atoms with Crippen molar-refractivity contribution in [2.24, 2.45) is 0 Å². The van der Waals surface area contributed by atoms with Gasteiger partial charge in [-0.1, -0.05) is 12.1 Å². The van der Waals surface area contributed by atoms with E-state index in [0.717, 1.165) is 5.56 Å². The first-order valence-corrected chi connectivity index (χ1v) is 7.27. The van der Waals surface area contributed by atoms with E-state index in [1.165, 1.54) is 4.31 Å². The van der Waals surface area contributed by atoms with E-state index >= 15 is 0 Å². The monoisotopic (exact) mass is 272 g/mol. The molecule has 0 spiro atoms. The molecule has 1 aromatic carbocycles. The number of hydrogen-bond acceptors (Lipinski definition) is 4. The van der Waals surface area contributed by atoms with Crippen molar-refractivity contribution >= 4 is 15.7 Å². The van der Waals surface area contributed by atoms with E-state index in [1.807, 2.05) is 6.92 Å². The lowest BCUT2D eigenvalue weighted by Crippen LogP contribution is -2.38. The summed E-state index contributed by atoms with van der Waals surface area (Å²) in [6.45, 7) is 2.18. The summed E-state index contributed by atoms with van der Waals surface area (Å²) in [6, 6.07) is 6.66. The van der Waals surface area contributed by atoms with Crippen LogP contribution in [0.2, 0.25) is 0 Å². The Morgan fingerprint density at radius 2 is 1.89 bits per heavy atom. The van der Waals surface area contributed by atoms with Crippen LogP contribution >= 0.6 is 0 Å². The molecule has 1 atom stereocenters. The van der Waals surface area contributed by atoms with Gasteiger partial charge in [-0.05, 0) is 24.6 Å². The van der Waals surface area contributed by atoms with Crippen molar-refractivity contribution in [1.29, 1.82) is 0 Å². The third-order valence-electron chi connectivity index (χ3n) is 2.80. The zero-order valence-electron chi connectivity index (χ0n) is 11.0. The van der Waals surface area contributed by atoms with Gasteiger partial charge < -0.3 is 10.5 Å². The van der Waals surface area contributed by atoms with Gasteiger partial charge in [-0.2, -0.15) is 4.31 Å². The lowest BCUT2D eigenvalue weighted by molar-refractivity contribution is 0.149. The van der Waals surface area contributed by atoms with Crippen molar-refractivity contribution in [2.75, 3.05) is 26.5 Å².